The van der Waals surface area contributed by atoms with Gasteiger partial charge in [-0.3, -0.25) is 10.1 Å². The van der Waals surface area contributed by atoms with Gasteiger partial charge < -0.3 is 0 Å². The Labute approximate surface area is 107 Å². The van der Waals surface area contributed by atoms with Crippen LogP contribution in [0.3, 0.4) is 0 Å². The Bertz CT molecular complexity index is 482. The van der Waals surface area contributed by atoms with Gasteiger partial charge in [-0.15, -0.1) is 0 Å². The van der Waals surface area contributed by atoms with Crippen LogP contribution in [-0.4, -0.2) is 4.92 Å². The molecule has 0 saturated heterocycles. The molecule has 0 aliphatic rings. The first-order valence-electron chi connectivity index (χ1n) is 5.94. The Morgan fingerprint density at radius 1 is 1.00 bits per heavy atom. The first-order valence-corrected chi connectivity index (χ1v) is 5.94. The van der Waals surface area contributed by atoms with Crippen molar-refractivity contribution in [1.29, 1.82) is 0 Å². The third-order valence-corrected chi connectivity index (χ3v) is 2.83. The summed E-state index contributed by atoms with van der Waals surface area (Å²) in [5.74, 6) is -0.377. The zero-order chi connectivity index (χ0) is 14.3. The summed E-state index contributed by atoms with van der Waals surface area (Å²) in [6.07, 6.45) is 0. The Morgan fingerprint density at radius 2 is 1.44 bits per heavy atom. The minimum absolute atomic E-state index is 0.00572. The van der Waals surface area contributed by atoms with Gasteiger partial charge in [-0.25, -0.2) is 4.39 Å². The van der Waals surface area contributed by atoms with Crippen molar-refractivity contribution in [3.63, 3.8) is 0 Å². The van der Waals surface area contributed by atoms with E-state index in [4.69, 9.17) is 0 Å². The Kier molecular flexibility index (Phi) is 3.52. The van der Waals surface area contributed by atoms with Crippen molar-refractivity contribution in [2.24, 2.45) is 0 Å². The van der Waals surface area contributed by atoms with E-state index in [0.717, 1.165) is 0 Å². The Hall–Kier alpha value is -1.45. The molecule has 0 aliphatic carbocycles. The molecule has 100 valence electrons. The maximum atomic E-state index is 14.1. The van der Waals surface area contributed by atoms with Gasteiger partial charge in [0.15, 0.2) is 0 Å². The standard InChI is InChI=1S/C14H20FNO2/c1-13(2,3)11-9(15)7-8-10(16(17)18)12(11)14(4,5)6/h7-8H,1-6H3. The molecule has 0 saturated carbocycles. The van der Waals surface area contributed by atoms with E-state index in [0.29, 0.717) is 11.1 Å². The predicted molar refractivity (Wildman–Crippen MR) is 70.5 cm³/mol. The summed E-state index contributed by atoms with van der Waals surface area (Å²) in [5.41, 5.74) is -0.0377. The van der Waals surface area contributed by atoms with Crippen molar-refractivity contribution in [3.8, 4) is 0 Å². The Balaban J connectivity index is 3.79. The van der Waals surface area contributed by atoms with Gasteiger partial charge in [0.25, 0.3) is 5.69 Å². The van der Waals surface area contributed by atoms with Gasteiger partial charge in [0, 0.05) is 17.2 Å². The minimum Gasteiger partial charge on any atom is -0.258 e. The van der Waals surface area contributed by atoms with E-state index in [9.17, 15) is 14.5 Å². The summed E-state index contributed by atoms with van der Waals surface area (Å²) in [7, 11) is 0. The first kappa shape index (κ1) is 14.6. The lowest BCUT2D eigenvalue weighted by atomic mass is 9.74. The third kappa shape index (κ3) is 2.68. The predicted octanol–water partition coefficient (Wildman–Crippen LogP) is 4.33. The van der Waals surface area contributed by atoms with E-state index in [2.05, 4.69) is 0 Å². The van der Waals surface area contributed by atoms with Crippen LogP contribution in [0, 0.1) is 15.9 Å². The van der Waals surface area contributed by atoms with E-state index in [-0.39, 0.29) is 11.5 Å². The largest absolute Gasteiger partial charge is 0.273 e. The maximum Gasteiger partial charge on any atom is 0.273 e. The molecule has 0 bridgehead atoms. The van der Waals surface area contributed by atoms with Gasteiger partial charge in [-0.2, -0.15) is 0 Å². The molecule has 0 spiro atoms. The van der Waals surface area contributed by atoms with Crippen LogP contribution in [0.2, 0.25) is 0 Å². The molecule has 0 heterocycles. The lowest BCUT2D eigenvalue weighted by molar-refractivity contribution is -0.386. The van der Waals surface area contributed by atoms with E-state index in [1.54, 1.807) is 0 Å². The fraction of sp³-hybridized carbons (Fsp3) is 0.571. The molecule has 1 rings (SSSR count). The van der Waals surface area contributed by atoms with Crippen LogP contribution in [0.4, 0.5) is 10.1 Å². The quantitative estimate of drug-likeness (QED) is 0.552. The second-order valence-electron chi connectivity index (χ2n) is 6.57. The van der Waals surface area contributed by atoms with E-state index >= 15 is 0 Å². The number of rotatable bonds is 1. The molecule has 0 aromatic heterocycles. The highest BCUT2D eigenvalue weighted by atomic mass is 19.1. The van der Waals surface area contributed by atoms with Gasteiger partial charge in [-0.05, 0) is 16.9 Å². The molecule has 0 amide bonds. The number of nitro benzene ring substituents is 1. The number of nitrogens with zero attached hydrogens (tertiary/aromatic N) is 1. The highest BCUT2D eigenvalue weighted by Gasteiger charge is 2.34. The monoisotopic (exact) mass is 253 g/mol. The van der Waals surface area contributed by atoms with Crippen LogP contribution in [0.5, 0.6) is 0 Å². The van der Waals surface area contributed by atoms with Crippen LogP contribution >= 0.6 is 0 Å². The van der Waals surface area contributed by atoms with Gasteiger partial charge in [-0.1, -0.05) is 41.5 Å². The van der Waals surface area contributed by atoms with Gasteiger partial charge in [0.1, 0.15) is 5.82 Å². The average molecular weight is 253 g/mol. The number of benzene rings is 1. The smallest absolute Gasteiger partial charge is 0.258 e. The molecule has 18 heavy (non-hydrogen) atoms. The summed E-state index contributed by atoms with van der Waals surface area (Å²) in [4.78, 5) is 10.7. The molecule has 1 aromatic carbocycles. The molecule has 1 aromatic rings. The van der Waals surface area contributed by atoms with Crippen LogP contribution in [0.15, 0.2) is 12.1 Å². The second kappa shape index (κ2) is 4.34. The summed E-state index contributed by atoms with van der Waals surface area (Å²) < 4.78 is 14.1. The first-order chi connectivity index (χ1) is 7.96. The highest BCUT2D eigenvalue weighted by Crippen LogP contribution is 2.40. The molecular formula is C14H20FNO2. The fourth-order valence-corrected chi connectivity index (χ4v) is 2.21. The molecule has 0 aliphatic heterocycles. The van der Waals surface area contributed by atoms with Gasteiger partial charge >= 0.3 is 0 Å². The normalized spacial score (nSPS) is 12.6. The van der Waals surface area contributed by atoms with Crippen molar-refractivity contribution < 1.29 is 9.31 Å². The third-order valence-electron chi connectivity index (χ3n) is 2.83. The van der Waals surface area contributed by atoms with E-state index in [1.807, 2.05) is 41.5 Å². The van der Waals surface area contributed by atoms with Crippen molar-refractivity contribution in [1.82, 2.24) is 0 Å². The molecule has 3 nitrogen and oxygen atoms in total. The maximum absolute atomic E-state index is 14.1. The molecule has 0 fully saturated rings. The number of halogens is 1. The van der Waals surface area contributed by atoms with Crippen molar-refractivity contribution in [3.05, 3.63) is 39.2 Å². The summed E-state index contributed by atoms with van der Waals surface area (Å²) in [6, 6.07) is 2.44. The SMILES string of the molecule is CC(C)(C)c1c(F)ccc([N+](=O)[O-])c1C(C)(C)C. The summed E-state index contributed by atoms with van der Waals surface area (Å²) in [6.45, 7) is 11.2. The lowest BCUT2D eigenvalue weighted by Crippen LogP contribution is -2.25. The molecule has 0 unspecified atom stereocenters. The van der Waals surface area contributed by atoms with Crippen LogP contribution in [0.25, 0.3) is 0 Å². The lowest BCUT2D eigenvalue weighted by Gasteiger charge is -2.29. The molecule has 4 heteroatoms. The fourth-order valence-electron chi connectivity index (χ4n) is 2.21. The van der Waals surface area contributed by atoms with Crippen LogP contribution in [-0.2, 0) is 10.8 Å². The van der Waals surface area contributed by atoms with Crippen molar-refractivity contribution in [2.75, 3.05) is 0 Å². The van der Waals surface area contributed by atoms with Gasteiger partial charge in [0.2, 0.25) is 0 Å². The summed E-state index contributed by atoms with van der Waals surface area (Å²) in [5, 5.41) is 11.1. The zero-order valence-corrected chi connectivity index (χ0v) is 11.8. The minimum atomic E-state index is -0.479. The number of hydrogen-bond donors (Lipinski definition) is 0. The Morgan fingerprint density at radius 3 is 1.78 bits per heavy atom. The van der Waals surface area contributed by atoms with E-state index < -0.39 is 15.8 Å². The average Bonchev–Trinajstić information content (AvgIpc) is 2.13. The van der Waals surface area contributed by atoms with Crippen molar-refractivity contribution >= 4 is 5.69 Å². The topological polar surface area (TPSA) is 43.1 Å². The zero-order valence-electron chi connectivity index (χ0n) is 11.8. The number of nitro groups is 1. The van der Waals surface area contributed by atoms with E-state index in [1.165, 1.54) is 12.1 Å². The summed E-state index contributed by atoms with van der Waals surface area (Å²) >= 11 is 0. The number of hydrogen-bond acceptors (Lipinski definition) is 2. The molecule has 0 radical (unpaired) electrons. The van der Waals surface area contributed by atoms with Crippen LogP contribution in [0.1, 0.15) is 52.7 Å². The second-order valence-corrected chi connectivity index (χ2v) is 6.57. The molecule has 0 atom stereocenters. The molecular weight excluding hydrogens is 233 g/mol. The van der Waals surface area contributed by atoms with Crippen LogP contribution < -0.4 is 0 Å². The van der Waals surface area contributed by atoms with Crippen molar-refractivity contribution in [2.45, 2.75) is 52.4 Å². The highest BCUT2D eigenvalue weighted by molar-refractivity contribution is 5.52. The van der Waals surface area contributed by atoms with Gasteiger partial charge in [0.05, 0.1) is 4.92 Å². The molecule has 0 N–H and O–H groups in total.